The Balaban J connectivity index is 2.30. The van der Waals surface area contributed by atoms with Gasteiger partial charge in [-0.15, -0.1) is 0 Å². The molecule has 0 spiro atoms. The maximum absolute atomic E-state index is 13.2. The monoisotopic (exact) mass is 296 g/mol. The molecule has 1 heterocycles. The number of benzene rings is 1. The number of aromatic amines is 1. The lowest BCUT2D eigenvalue weighted by Gasteiger charge is -2.12. The van der Waals surface area contributed by atoms with Gasteiger partial charge < -0.3 is 5.32 Å². The number of carbonyl (C=O) groups excluding carboxylic acids is 1. The topological polar surface area (TPSA) is 101 Å². The molecular weight excluding hydrogens is 286 g/mol. The standard InChI is InChI=1S/C12H10F2N4O3/c1-6(7-4-15-16-5-7)17-12(19)8-2-9(13)10(14)3-11(8)18(20)21/h2-6H,1H3,(H,15,16)(H,17,19). The number of nitrogens with one attached hydrogen (secondary N) is 2. The summed E-state index contributed by atoms with van der Waals surface area (Å²) in [5.74, 6) is -3.60. The molecule has 110 valence electrons. The Hall–Kier alpha value is -2.84. The second-order valence-electron chi connectivity index (χ2n) is 4.27. The molecule has 0 saturated carbocycles. The molecular formula is C12H10F2N4O3. The van der Waals surface area contributed by atoms with E-state index in [9.17, 15) is 23.7 Å². The van der Waals surface area contributed by atoms with E-state index < -0.39 is 39.8 Å². The first-order chi connectivity index (χ1) is 9.90. The lowest BCUT2D eigenvalue weighted by Crippen LogP contribution is -2.27. The van der Waals surface area contributed by atoms with Crippen LogP contribution in [0.2, 0.25) is 0 Å². The highest BCUT2D eigenvalue weighted by Crippen LogP contribution is 2.23. The van der Waals surface area contributed by atoms with Crippen molar-refractivity contribution in [2.75, 3.05) is 0 Å². The molecule has 0 saturated heterocycles. The third kappa shape index (κ3) is 3.02. The molecule has 2 aromatic rings. The van der Waals surface area contributed by atoms with E-state index >= 15 is 0 Å². The molecule has 9 heteroatoms. The van der Waals surface area contributed by atoms with Crippen molar-refractivity contribution in [1.82, 2.24) is 15.5 Å². The highest BCUT2D eigenvalue weighted by atomic mass is 19.2. The Morgan fingerprint density at radius 3 is 2.67 bits per heavy atom. The number of halogens is 2. The number of aromatic nitrogens is 2. The van der Waals surface area contributed by atoms with Gasteiger partial charge in [0.05, 0.1) is 23.2 Å². The van der Waals surface area contributed by atoms with Crippen molar-refractivity contribution in [2.24, 2.45) is 0 Å². The first kappa shape index (κ1) is 14.6. The van der Waals surface area contributed by atoms with Crippen molar-refractivity contribution in [3.8, 4) is 0 Å². The van der Waals surface area contributed by atoms with Crippen LogP contribution in [0.4, 0.5) is 14.5 Å². The summed E-state index contributed by atoms with van der Waals surface area (Å²) in [4.78, 5) is 21.9. The van der Waals surface area contributed by atoms with Crippen LogP contribution < -0.4 is 5.32 Å². The van der Waals surface area contributed by atoms with Gasteiger partial charge in [0.15, 0.2) is 11.6 Å². The van der Waals surface area contributed by atoms with E-state index in [4.69, 9.17) is 0 Å². The Morgan fingerprint density at radius 2 is 2.10 bits per heavy atom. The van der Waals surface area contributed by atoms with Crippen LogP contribution in [0, 0.1) is 21.7 Å². The molecule has 1 amide bonds. The summed E-state index contributed by atoms with van der Waals surface area (Å²) in [6.45, 7) is 1.62. The van der Waals surface area contributed by atoms with Gasteiger partial charge in [-0.1, -0.05) is 0 Å². The lowest BCUT2D eigenvalue weighted by atomic mass is 10.1. The summed E-state index contributed by atoms with van der Waals surface area (Å²) in [6.07, 6.45) is 3.00. The van der Waals surface area contributed by atoms with Crippen molar-refractivity contribution < 1.29 is 18.5 Å². The zero-order valence-electron chi connectivity index (χ0n) is 10.8. The molecule has 0 radical (unpaired) electrons. The summed E-state index contributed by atoms with van der Waals surface area (Å²) in [5, 5.41) is 19.5. The number of nitrogens with zero attached hydrogens (tertiary/aromatic N) is 2. The van der Waals surface area contributed by atoms with E-state index in [1.165, 1.54) is 12.4 Å². The number of nitro benzene ring substituents is 1. The van der Waals surface area contributed by atoms with Crippen LogP contribution in [-0.2, 0) is 0 Å². The van der Waals surface area contributed by atoms with E-state index in [1.54, 1.807) is 6.92 Å². The second-order valence-corrected chi connectivity index (χ2v) is 4.27. The zero-order valence-corrected chi connectivity index (χ0v) is 10.8. The Morgan fingerprint density at radius 1 is 1.43 bits per heavy atom. The predicted molar refractivity (Wildman–Crippen MR) is 67.5 cm³/mol. The summed E-state index contributed by atoms with van der Waals surface area (Å²) in [7, 11) is 0. The molecule has 1 aromatic heterocycles. The minimum absolute atomic E-state index is 0.382. The van der Waals surface area contributed by atoms with Gasteiger partial charge in [0.25, 0.3) is 11.6 Å². The zero-order chi connectivity index (χ0) is 15.6. The fourth-order valence-corrected chi connectivity index (χ4v) is 1.72. The van der Waals surface area contributed by atoms with Crippen LogP contribution in [0.3, 0.4) is 0 Å². The van der Waals surface area contributed by atoms with Crippen LogP contribution >= 0.6 is 0 Å². The molecule has 0 aliphatic carbocycles. The largest absolute Gasteiger partial charge is 0.345 e. The van der Waals surface area contributed by atoms with E-state index in [0.29, 0.717) is 17.7 Å². The minimum Gasteiger partial charge on any atom is -0.345 e. The second kappa shape index (κ2) is 5.65. The van der Waals surface area contributed by atoms with Crippen molar-refractivity contribution in [2.45, 2.75) is 13.0 Å². The predicted octanol–water partition coefficient (Wildman–Crippen LogP) is 2.09. The summed E-state index contributed by atoms with van der Waals surface area (Å²) in [6, 6.07) is 0.376. The van der Waals surface area contributed by atoms with Gasteiger partial charge in [0.1, 0.15) is 5.56 Å². The molecule has 1 unspecified atom stereocenters. The van der Waals surface area contributed by atoms with Crippen molar-refractivity contribution in [3.63, 3.8) is 0 Å². The summed E-state index contributed by atoms with van der Waals surface area (Å²) < 4.78 is 26.2. The van der Waals surface area contributed by atoms with Crippen LogP contribution in [0.1, 0.15) is 28.9 Å². The number of amides is 1. The van der Waals surface area contributed by atoms with E-state index in [-0.39, 0.29) is 0 Å². The molecule has 0 fully saturated rings. The molecule has 0 bridgehead atoms. The number of rotatable bonds is 4. The molecule has 0 aliphatic rings. The highest BCUT2D eigenvalue weighted by molar-refractivity contribution is 5.98. The smallest absolute Gasteiger partial charge is 0.285 e. The Bertz CT molecular complexity index is 688. The first-order valence-corrected chi connectivity index (χ1v) is 5.83. The van der Waals surface area contributed by atoms with Crippen LogP contribution in [-0.4, -0.2) is 21.0 Å². The maximum atomic E-state index is 13.2. The molecule has 2 N–H and O–H groups in total. The number of carbonyl (C=O) groups is 1. The number of hydrogen-bond acceptors (Lipinski definition) is 4. The summed E-state index contributed by atoms with van der Waals surface area (Å²) >= 11 is 0. The van der Waals surface area contributed by atoms with Crippen LogP contribution in [0.5, 0.6) is 0 Å². The van der Waals surface area contributed by atoms with Gasteiger partial charge in [-0.25, -0.2) is 8.78 Å². The van der Waals surface area contributed by atoms with Crippen molar-refractivity contribution >= 4 is 11.6 Å². The number of nitro groups is 1. The Kier molecular flexibility index (Phi) is 3.92. The quantitative estimate of drug-likeness (QED) is 0.666. The molecule has 2 rings (SSSR count). The van der Waals surface area contributed by atoms with Crippen molar-refractivity contribution in [1.29, 1.82) is 0 Å². The van der Waals surface area contributed by atoms with E-state index in [1.807, 2.05) is 0 Å². The SMILES string of the molecule is CC(NC(=O)c1cc(F)c(F)cc1[N+](=O)[O-])c1cn[nH]c1. The van der Waals surface area contributed by atoms with E-state index in [0.717, 1.165) is 0 Å². The molecule has 1 aromatic carbocycles. The van der Waals surface area contributed by atoms with Gasteiger partial charge in [0.2, 0.25) is 0 Å². The van der Waals surface area contributed by atoms with Gasteiger partial charge in [-0.05, 0) is 13.0 Å². The fourth-order valence-electron chi connectivity index (χ4n) is 1.72. The average molecular weight is 296 g/mol. The third-order valence-electron chi connectivity index (χ3n) is 2.85. The van der Waals surface area contributed by atoms with Gasteiger partial charge in [0, 0.05) is 11.8 Å². The molecule has 21 heavy (non-hydrogen) atoms. The van der Waals surface area contributed by atoms with Crippen LogP contribution in [0.25, 0.3) is 0 Å². The van der Waals surface area contributed by atoms with Gasteiger partial charge in [-0.2, -0.15) is 5.10 Å². The fraction of sp³-hybridized carbons (Fsp3) is 0.167. The molecule has 7 nitrogen and oxygen atoms in total. The average Bonchev–Trinajstić information content (AvgIpc) is 2.95. The molecule has 0 aliphatic heterocycles. The Labute approximate surface area is 117 Å². The van der Waals surface area contributed by atoms with Gasteiger partial charge in [-0.3, -0.25) is 20.0 Å². The first-order valence-electron chi connectivity index (χ1n) is 5.83. The third-order valence-corrected chi connectivity index (χ3v) is 2.85. The number of hydrogen-bond donors (Lipinski definition) is 2. The van der Waals surface area contributed by atoms with E-state index in [2.05, 4.69) is 15.5 Å². The minimum atomic E-state index is -1.39. The van der Waals surface area contributed by atoms with Gasteiger partial charge >= 0.3 is 0 Å². The molecule has 1 atom stereocenters. The number of H-pyrrole nitrogens is 1. The van der Waals surface area contributed by atoms with Crippen molar-refractivity contribution in [3.05, 3.63) is 57.4 Å². The summed E-state index contributed by atoms with van der Waals surface area (Å²) in [5.41, 5.74) is -0.714. The highest BCUT2D eigenvalue weighted by Gasteiger charge is 2.25. The lowest BCUT2D eigenvalue weighted by molar-refractivity contribution is -0.385. The normalized spacial score (nSPS) is 12.0. The maximum Gasteiger partial charge on any atom is 0.285 e. The van der Waals surface area contributed by atoms with Crippen LogP contribution in [0.15, 0.2) is 24.5 Å².